The molecule has 0 bridgehead atoms. The first-order chi connectivity index (χ1) is 13.5. The van der Waals surface area contributed by atoms with Crippen molar-refractivity contribution in [3.8, 4) is 0 Å². The van der Waals surface area contributed by atoms with Crippen LogP contribution in [0.15, 0.2) is 11.6 Å². The Labute approximate surface area is 181 Å². The van der Waals surface area contributed by atoms with Gasteiger partial charge >= 0.3 is 0 Å². The third-order valence-corrected chi connectivity index (χ3v) is 10.4. The third-order valence-electron chi connectivity index (χ3n) is 10.4. The van der Waals surface area contributed by atoms with Gasteiger partial charge in [0.2, 0.25) is 0 Å². The quantitative estimate of drug-likeness (QED) is 0.478. The Balaban J connectivity index is 1.47. The number of hydrogen-bond acceptors (Lipinski definition) is 1. The molecule has 1 N–H and O–H groups in total. The van der Waals surface area contributed by atoms with E-state index in [1.807, 2.05) is 0 Å². The van der Waals surface area contributed by atoms with E-state index >= 15 is 0 Å². The summed E-state index contributed by atoms with van der Waals surface area (Å²) in [4.78, 5) is 0. The summed E-state index contributed by atoms with van der Waals surface area (Å²) in [7, 11) is 0. The Kier molecular flexibility index (Phi) is 5.81. The van der Waals surface area contributed by atoms with Crippen LogP contribution >= 0.6 is 0 Å². The van der Waals surface area contributed by atoms with E-state index in [1.165, 1.54) is 57.8 Å². The van der Waals surface area contributed by atoms with Gasteiger partial charge in [0.15, 0.2) is 0 Å². The highest BCUT2D eigenvalue weighted by Gasteiger charge is 2.59. The van der Waals surface area contributed by atoms with E-state index in [0.717, 1.165) is 42.4 Å². The van der Waals surface area contributed by atoms with E-state index in [-0.39, 0.29) is 6.10 Å². The Hall–Kier alpha value is -0.300. The van der Waals surface area contributed by atoms with Crippen LogP contribution in [0.2, 0.25) is 0 Å². The Morgan fingerprint density at radius 1 is 1.07 bits per heavy atom. The fourth-order valence-electron chi connectivity index (χ4n) is 8.77. The van der Waals surface area contributed by atoms with Gasteiger partial charge in [0.05, 0.1) is 6.10 Å². The molecule has 0 aromatic rings. The van der Waals surface area contributed by atoms with E-state index in [9.17, 15) is 5.11 Å². The van der Waals surface area contributed by atoms with Crippen molar-refractivity contribution in [3.63, 3.8) is 0 Å². The molecule has 8 atom stereocenters. The lowest BCUT2D eigenvalue weighted by atomic mass is 9.47. The summed E-state index contributed by atoms with van der Waals surface area (Å²) in [5.74, 6) is 4.56. The SMILES string of the molecule is C[C@H](CCCC(C)(C)C)[C@H]1CC[C@H]2[C@@H]3CC=C4C[C@H](O)CC[C@]4(C)[C@H]3CC[C@]12C. The Morgan fingerprint density at radius 2 is 1.83 bits per heavy atom. The van der Waals surface area contributed by atoms with Gasteiger partial charge < -0.3 is 5.11 Å². The highest BCUT2D eigenvalue weighted by atomic mass is 16.3. The van der Waals surface area contributed by atoms with E-state index < -0.39 is 0 Å². The topological polar surface area (TPSA) is 20.2 Å². The molecule has 3 fully saturated rings. The van der Waals surface area contributed by atoms with Gasteiger partial charge in [0.1, 0.15) is 0 Å². The van der Waals surface area contributed by atoms with Gasteiger partial charge in [-0.3, -0.25) is 0 Å². The molecular formula is C28H48O. The van der Waals surface area contributed by atoms with Gasteiger partial charge in [-0.15, -0.1) is 0 Å². The molecule has 0 aromatic carbocycles. The molecule has 0 heterocycles. The molecular weight excluding hydrogens is 352 g/mol. The summed E-state index contributed by atoms with van der Waals surface area (Å²) in [6.45, 7) is 15.0. The third kappa shape index (κ3) is 3.88. The molecule has 0 aliphatic heterocycles. The summed E-state index contributed by atoms with van der Waals surface area (Å²) in [6.07, 6.45) is 17.1. The van der Waals surface area contributed by atoms with Crippen LogP contribution in [0.5, 0.6) is 0 Å². The van der Waals surface area contributed by atoms with Gasteiger partial charge in [-0.1, -0.05) is 66.0 Å². The zero-order valence-electron chi connectivity index (χ0n) is 20.3. The molecule has 1 nitrogen and oxygen atoms in total. The molecule has 0 aromatic heterocycles. The molecule has 0 amide bonds. The van der Waals surface area contributed by atoms with Crippen LogP contribution in [-0.2, 0) is 0 Å². The van der Waals surface area contributed by atoms with Crippen LogP contribution in [0.4, 0.5) is 0 Å². The average molecular weight is 401 g/mol. The van der Waals surface area contributed by atoms with Crippen molar-refractivity contribution in [2.24, 2.45) is 45.8 Å². The maximum Gasteiger partial charge on any atom is 0.0577 e. The maximum absolute atomic E-state index is 10.2. The smallest absolute Gasteiger partial charge is 0.0577 e. The minimum Gasteiger partial charge on any atom is -0.393 e. The summed E-state index contributed by atoms with van der Waals surface area (Å²) < 4.78 is 0. The van der Waals surface area contributed by atoms with Crippen molar-refractivity contribution < 1.29 is 5.11 Å². The van der Waals surface area contributed by atoms with Crippen molar-refractivity contribution in [3.05, 3.63) is 11.6 Å². The lowest BCUT2D eigenvalue weighted by Gasteiger charge is -2.58. The van der Waals surface area contributed by atoms with Crippen LogP contribution in [0.3, 0.4) is 0 Å². The van der Waals surface area contributed by atoms with E-state index in [0.29, 0.717) is 16.2 Å². The molecule has 0 radical (unpaired) electrons. The molecule has 0 saturated heterocycles. The molecule has 0 spiro atoms. The molecule has 4 aliphatic rings. The molecule has 4 rings (SSSR count). The summed E-state index contributed by atoms with van der Waals surface area (Å²) in [5.41, 5.74) is 3.07. The molecule has 29 heavy (non-hydrogen) atoms. The zero-order valence-corrected chi connectivity index (χ0v) is 20.3. The van der Waals surface area contributed by atoms with Crippen LogP contribution in [-0.4, -0.2) is 11.2 Å². The van der Waals surface area contributed by atoms with Crippen LogP contribution in [0.1, 0.15) is 112 Å². The van der Waals surface area contributed by atoms with E-state index in [1.54, 1.807) is 5.57 Å². The summed E-state index contributed by atoms with van der Waals surface area (Å²) in [6, 6.07) is 0. The minimum absolute atomic E-state index is 0.0791. The van der Waals surface area contributed by atoms with Crippen molar-refractivity contribution in [2.75, 3.05) is 0 Å². The summed E-state index contributed by atoms with van der Waals surface area (Å²) >= 11 is 0. The van der Waals surface area contributed by atoms with Gasteiger partial charge in [0.25, 0.3) is 0 Å². The molecule has 4 aliphatic carbocycles. The maximum atomic E-state index is 10.2. The Morgan fingerprint density at radius 3 is 2.55 bits per heavy atom. The molecule has 3 saturated carbocycles. The number of fused-ring (bicyclic) bond motifs is 5. The van der Waals surface area contributed by atoms with E-state index in [4.69, 9.17) is 0 Å². The fourth-order valence-corrected chi connectivity index (χ4v) is 8.77. The summed E-state index contributed by atoms with van der Waals surface area (Å²) in [5, 5.41) is 10.2. The second kappa shape index (κ2) is 7.68. The highest BCUT2D eigenvalue weighted by Crippen LogP contribution is 2.67. The van der Waals surface area contributed by atoms with Crippen LogP contribution in [0, 0.1) is 45.8 Å². The van der Waals surface area contributed by atoms with Crippen LogP contribution < -0.4 is 0 Å². The Bertz CT molecular complexity index is 627. The first kappa shape index (κ1) is 21.9. The largest absolute Gasteiger partial charge is 0.393 e. The predicted molar refractivity (Wildman–Crippen MR) is 124 cm³/mol. The van der Waals surface area contributed by atoms with Crippen LogP contribution in [0.25, 0.3) is 0 Å². The van der Waals surface area contributed by atoms with Crippen molar-refractivity contribution in [2.45, 2.75) is 118 Å². The number of hydrogen-bond donors (Lipinski definition) is 1. The highest BCUT2D eigenvalue weighted by molar-refractivity contribution is 5.25. The van der Waals surface area contributed by atoms with Gasteiger partial charge in [-0.2, -0.15) is 0 Å². The average Bonchev–Trinajstić information content (AvgIpc) is 2.98. The first-order valence-corrected chi connectivity index (χ1v) is 12.9. The minimum atomic E-state index is -0.0791. The second-order valence-corrected chi connectivity index (χ2v) is 13.3. The number of aliphatic hydroxyl groups is 1. The number of rotatable bonds is 4. The predicted octanol–water partition coefficient (Wildman–Crippen LogP) is 7.78. The van der Waals surface area contributed by atoms with Gasteiger partial charge in [0, 0.05) is 0 Å². The lowest BCUT2D eigenvalue weighted by molar-refractivity contribution is -0.0573. The van der Waals surface area contributed by atoms with Crippen molar-refractivity contribution >= 4 is 0 Å². The van der Waals surface area contributed by atoms with E-state index in [2.05, 4.69) is 47.6 Å². The standard InChI is InChI=1S/C28H48O/c1-19(8-7-15-26(2,3)4)23-11-12-24-22-10-9-20-18-21(29)13-16-27(20,5)25(22)14-17-28(23,24)6/h9,19,21-25,29H,7-8,10-18H2,1-6H3/t19-,21-,22+,23-,24+,25+,27+,28-/m1/s1. The molecule has 1 heteroatoms. The second-order valence-electron chi connectivity index (χ2n) is 13.3. The fraction of sp³-hybridized carbons (Fsp3) is 0.929. The molecule has 166 valence electrons. The first-order valence-electron chi connectivity index (χ1n) is 12.9. The lowest BCUT2D eigenvalue weighted by Crippen LogP contribution is -2.50. The zero-order chi connectivity index (χ0) is 21.0. The van der Waals surface area contributed by atoms with Crippen molar-refractivity contribution in [1.82, 2.24) is 0 Å². The van der Waals surface area contributed by atoms with Gasteiger partial charge in [-0.25, -0.2) is 0 Å². The normalized spacial score (nSPS) is 45.8. The monoisotopic (exact) mass is 400 g/mol. The van der Waals surface area contributed by atoms with Gasteiger partial charge in [-0.05, 0) is 104 Å². The molecule has 0 unspecified atom stereocenters. The van der Waals surface area contributed by atoms with Crippen molar-refractivity contribution in [1.29, 1.82) is 0 Å². The number of aliphatic hydroxyl groups excluding tert-OH is 1. The number of allylic oxidation sites excluding steroid dienone is 1.